The van der Waals surface area contributed by atoms with Crippen LogP contribution in [-0.2, 0) is 17.1 Å². The van der Waals surface area contributed by atoms with Crippen LogP contribution in [0.1, 0.15) is 107 Å². The Labute approximate surface area is 229 Å². The number of ether oxygens (including phenoxy) is 3. The second-order valence-electron chi connectivity index (χ2n) is 10.2. The van der Waals surface area contributed by atoms with E-state index in [2.05, 4.69) is 23.8 Å². The summed E-state index contributed by atoms with van der Waals surface area (Å²) in [7, 11) is 0. The summed E-state index contributed by atoms with van der Waals surface area (Å²) in [4.78, 5) is 8.16. The molecule has 1 heterocycles. The highest BCUT2D eigenvalue weighted by molar-refractivity contribution is 5.44. The third-order valence-electron chi connectivity index (χ3n) is 7.04. The fourth-order valence-electron chi connectivity index (χ4n) is 4.81. The highest BCUT2D eigenvalue weighted by atomic mass is 19.3. The molecule has 0 saturated carbocycles. The Morgan fingerprint density at radius 3 is 2.15 bits per heavy atom. The highest BCUT2D eigenvalue weighted by Gasteiger charge is 2.50. The van der Waals surface area contributed by atoms with Gasteiger partial charge in [-0.05, 0) is 37.3 Å². The smallest absolute Gasteiger partial charge is 0.286 e. The van der Waals surface area contributed by atoms with E-state index in [4.69, 9.17) is 14.2 Å². The number of aromatic nitrogens is 2. The zero-order valence-electron chi connectivity index (χ0n) is 23.3. The Kier molecular flexibility index (Phi) is 12.8. The van der Waals surface area contributed by atoms with Gasteiger partial charge in [-0.3, -0.25) is 0 Å². The average Bonchev–Trinajstić information content (AvgIpc) is 2.92. The molecule has 1 aromatic heterocycles. The first-order chi connectivity index (χ1) is 18.9. The van der Waals surface area contributed by atoms with Crippen LogP contribution in [-0.4, -0.2) is 36.4 Å². The van der Waals surface area contributed by atoms with Gasteiger partial charge in [0.25, 0.3) is 5.92 Å². The lowest BCUT2D eigenvalue weighted by molar-refractivity contribution is -0.0500. The molecule has 1 aromatic carbocycles. The van der Waals surface area contributed by atoms with Gasteiger partial charge in [0.05, 0.1) is 37.1 Å². The summed E-state index contributed by atoms with van der Waals surface area (Å²) in [6.45, 7) is 6.17. The summed E-state index contributed by atoms with van der Waals surface area (Å²) in [5, 5.41) is 0. The maximum absolute atomic E-state index is 15.5. The van der Waals surface area contributed by atoms with E-state index < -0.39 is 29.0 Å². The minimum atomic E-state index is -3.67. The number of hydrogen-bond acceptors (Lipinski definition) is 5. The summed E-state index contributed by atoms with van der Waals surface area (Å²) in [5.74, 6) is -8.16. The van der Waals surface area contributed by atoms with Crippen molar-refractivity contribution in [3.8, 4) is 11.5 Å². The standard InChI is InChI=1S/C30H42F4N2O3/c1-3-5-7-8-9-11-17-39-25-19-22-13-14-24(30(33,34)26(22)28(32)27(25)31)29-35-20-23(21-36-29)38-18-12-16-37-15-10-6-4-2/h19-21,24H,3-18H2,1-2H3. The van der Waals surface area contributed by atoms with Crippen LogP contribution in [0.15, 0.2) is 18.5 Å². The van der Waals surface area contributed by atoms with Crippen molar-refractivity contribution in [2.75, 3.05) is 26.4 Å². The molecular weight excluding hydrogens is 512 g/mol. The monoisotopic (exact) mass is 554 g/mol. The molecule has 39 heavy (non-hydrogen) atoms. The highest BCUT2D eigenvalue weighted by Crippen LogP contribution is 2.51. The van der Waals surface area contributed by atoms with Crippen LogP contribution in [0, 0.1) is 11.6 Å². The lowest BCUT2D eigenvalue weighted by Gasteiger charge is -2.33. The van der Waals surface area contributed by atoms with Crippen molar-refractivity contribution in [2.45, 2.75) is 103 Å². The summed E-state index contributed by atoms with van der Waals surface area (Å²) >= 11 is 0. The molecule has 0 N–H and O–H groups in total. The topological polar surface area (TPSA) is 53.5 Å². The van der Waals surface area contributed by atoms with Crippen LogP contribution < -0.4 is 9.47 Å². The quantitative estimate of drug-likeness (QED) is 0.137. The lowest BCUT2D eigenvalue weighted by Crippen LogP contribution is -2.33. The zero-order chi connectivity index (χ0) is 28.1. The molecule has 1 aliphatic rings. The number of hydrogen-bond donors (Lipinski definition) is 0. The zero-order valence-corrected chi connectivity index (χ0v) is 23.3. The Balaban J connectivity index is 1.56. The molecule has 2 aromatic rings. The molecular formula is C30H42F4N2O3. The van der Waals surface area contributed by atoms with Gasteiger partial charge in [-0.25, -0.2) is 23.1 Å². The first kappa shape index (κ1) is 31.1. The minimum absolute atomic E-state index is 0.00247. The Morgan fingerprint density at radius 2 is 1.41 bits per heavy atom. The van der Waals surface area contributed by atoms with Crippen molar-refractivity contribution < 1.29 is 31.8 Å². The minimum Gasteiger partial charge on any atom is -0.490 e. The van der Waals surface area contributed by atoms with Crippen LogP contribution in [0.3, 0.4) is 0 Å². The summed E-state index contributed by atoms with van der Waals surface area (Å²) < 4.78 is 77.3. The van der Waals surface area contributed by atoms with E-state index in [0.29, 0.717) is 31.8 Å². The molecule has 3 rings (SSSR count). The summed E-state index contributed by atoms with van der Waals surface area (Å²) in [6.07, 6.45) is 12.9. The largest absolute Gasteiger partial charge is 0.490 e. The van der Waals surface area contributed by atoms with E-state index >= 15 is 8.78 Å². The van der Waals surface area contributed by atoms with Crippen LogP contribution in [0.2, 0.25) is 0 Å². The van der Waals surface area contributed by atoms with Crippen LogP contribution in [0.5, 0.6) is 11.5 Å². The maximum Gasteiger partial charge on any atom is 0.286 e. The van der Waals surface area contributed by atoms with Gasteiger partial charge in [-0.15, -0.1) is 0 Å². The second kappa shape index (κ2) is 16.0. The van der Waals surface area contributed by atoms with E-state index in [1.807, 2.05) is 0 Å². The van der Waals surface area contributed by atoms with Gasteiger partial charge in [-0.1, -0.05) is 58.8 Å². The first-order valence-corrected chi connectivity index (χ1v) is 14.4. The molecule has 218 valence electrons. The molecule has 1 unspecified atom stereocenters. The molecule has 9 heteroatoms. The van der Waals surface area contributed by atoms with Crippen molar-refractivity contribution >= 4 is 0 Å². The number of nitrogens with zero attached hydrogens (tertiary/aromatic N) is 2. The van der Waals surface area contributed by atoms with E-state index in [-0.39, 0.29) is 36.6 Å². The van der Waals surface area contributed by atoms with Gasteiger partial charge < -0.3 is 14.2 Å². The van der Waals surface area contributed by atoms with E-state index in [0.717, 1.165) is 51.6 Å². The number of halogens is 4. The fraction of sp³-hybridized carbons (Fsp3) is 0.667. The molecule has 0 aliphatic heterocycles. The normalized spacial score (nSPS) is 16.2. The van der Waals surface area contributed by atoms with E-state index in [1.54, 1.807) is 0 Å². The van der Waals surface area contributed by atoms with Gasteiger partial charge in [0.1, 0.15) is 5.82 Å². The molecule has 0 fully saturated rings. The van der Waals surface area contributed by atoms with Crippen molar-refractivity contribution in [1.82, 2.24) is 9.97 Å². The number of alkyl halides is 2. The van der Waals surface area contributed by atoms with Crippen LogP contribution in [0.4, 0.5) is 17.6 Å². The van der Waals surface area contributed by atoms with Crippen molar-refractivity contribution in [3.05, 3.63) is 47.0 Å². The third kappa shape index (κ3) is 8.78. The van der Waals surface area contributed by atoms with Crippen molar-refractivity contribution in [2.24, 2.45) is 0 Å². The van der Waals surface area contributed by atoms with E-state index in [9.17, 15) is 8.78 Å². The number of rotatable bonds is 18. The predicted molar refractivity (Wildman–Crippen MR) is 143 cm³/mol. The summed E-state index contributed by atoms with van der Waals surface area (Å²) in [6, 6.07) is 1.22. The number of benzene rings is 1. The Morgan fingerprint density at radius 1 is 0.795 bits per heavy atom. The molecule has 1 aliphatic carbocycles. The van der Waals surface area contributed by atoms with Gasteiger partial charge in [0.2, 0.25) is 5.82 Å². The molecule has 1 atom stereocenters. The molecule has 0 radical (unpaired) electrons. The molecule has 0 spiro atoms. The Hall–Kier alpha value is -2.42. The fourth-order valence-corrected chi connectivity index (χ4v) is 4.81. The van der Waals surface area contributed by atoms with E-state index in [1.165, 1.54) is 24.9 Å². The number of fused-ring (bicyclic) bond motifs is 1. The lowest BCUT2D eigenvalue weighted by atomic mass is 9.79. The summed E-state index contributed by atoms with van der Waals surface area (Å²) in [5.41, 5.74) is -0.865. The van der Waals surface area contributed by atoms with Gasteiger partial charge >= 0.3 is 0 Å². The van der Waals surface area contributed by atoms with Gasteiger partial charge in [0, 0.05) is 19.6 Å². The first-order valence-electron chi connectivity index (χ1n) is 14.4. The van der Waals surface area contributed by atoms with Gasteiger partial charge in [0.15, 0.2) is 17.3 Å². The molecule has 0 saturated heterocycles. The van der Waals surface area contributed by atoms with Crippen LogP contribution >= 0.6 is 0 Å². The molecule has 0 amide bonds. The second-order valence-corrected chi connectivity index (χ2v) is 10.2. The molecule has 0 bridgehead atoms. The number of aryl methyl sites for hydroxylation is 1. The predicted octanol–water partition coefficient (Wildman–Crippen LogP) is 8.29. The SMILES string of the molecule is CCCCCCCCOc1cc2c(c(F)c1F)C(F)(F)C(c1ncc(OCCCOCCCCC)cn1)CC2. The number of unbranched alkanes of at least 4 members (excludes halogenated alkanes) is 7. The van der Waals surface area contributed by atoms with Crippen molar-refractivity contribution in [3.63, 3.8) is 0 Å². The van der Waals surface area contributed by atoms with Crippen LogP contribution in [0.25, 0.3) is 0 Å². The Bertz CT molecular complexity index is 1000. The third-order valence-corrected chi connectivity index (χ3v) is 7.04. The van der Waals surface area contributed by atoms with Crippen molar-refractivity contribution in [1.29, 1.82) is 0 Å². The average molecular weight is 555 g/mol. The molecule has 5 nitrogen and oxygen atoms in total. The van der Waals surface area contributed by atoms with Gasteiger partial charge in [-0.2, -0.15) is 4.39 Å². The maximum atomic E-state index is 15.5.